The van der Waals surface area contributed by atoms with Crippen molar-refractivity contribution in [3.05, 3.63) is 64.9 Å². The molecule has 0 fully saturated rings. The second kappa shape index (κ2) is 7.00. The lowest BCUT2D eigenvalue weighted by Crippen LogP contribution is -2.20. The summed E-state index contributed by atoms with van der Waals surface area (Å²) in [7, 11) is 0. The Hall–Kier alpha value is -2.41. The van der Waals surface area contributed by atoms with Gasteiger partial charge in [-0.3, -0.25) is 0 Å². The van der Waals surface area contributed by atoms with Crippen molar-refractivity contribution in [1.82, 2.24) is 19.3 Å². The number of ether oxygens (including phenoxy) is 1. The zero-order chi connectivity index (χ0) is 17.1. The molecular weight excluding hydrogens is 372 g/mol. The number of aromatic nitrogens is 4. The van der Waals surface area contributed by atoms with Crippen molar-refractivity contribution >= 4 is 21.9 Å². The molecule has 6 nitrogen and oxygen atoms in total. The van der Waals surface area contributed by atoms with Crippen LogP contribution >= 0.6 is 15.9 Å². The first-order valence-electron chi connectivity index (χ1n) is 7.52. The SMILES string of the molecule is Cc1nccn1CC(C)OC(=O)c1cnn(-c2ccc(Br)cc2)c1. The van der Waals surface area contributed by atoms with E-state index in [1.807, 2.05) is 48.9 Å². The summed E-state index contributed by atoms with van der Waals surface area (Å²) in [6, 6.07) is 7.67. The number of esters is 1. The predicted octanol–water partition coefficient (Wildman–Crippen LogP) is 3.39. The van der Waals surface area contributed by atoms with Crippen LogP contribution in [0.25, 0.3) is 5.69 Å². The lowest BCUT2D eigenvalue weighted by atomic mass is 10.3. The molecule has 24 heavy (non-hydrogen) atoms. The van der Waals surface area contributed by atoms with Gasteiger partial charge in [-0.05, 0) is 38.1 Å². The minimum absolute atomic E-state index is 0.263. The summed E-state index contributed by atoms with van der Waals surface area (Å²) in [5, 5.41) is 4.22. The van der Waals surface area contributed by atoms with Crippen LogP contribution in [0.2, 0.25) is 0 Å². The molecule has 0 saturated heterocycles. The Morgan fingerprint density at radius 3 is 2.75 bits per heavy atom. The molecule has 2 heterocycles. The monoisotopic (exact) mass is 388 g/mol. The third kappa shape index (κ3) is 3.73. The van der Waals surface area contributed by atoms with Gasteiger partial charge < -0.3 is 9.30 Å². The van der Waals surface area contributed by atoms with E-state index in [2.05, 4.69) is 26.0 Å². The van der Waals surface area contributed by atoms with E-state index in [1.54, 1.807) is 17.1 Å². The second-order valence-corrected chi connectivity index (χ2v) is 6.41. The van der Waals surface area contributed by atoms with Crippen molar-refractivity contribution in [3.63, 3.8) is 0 Å². The van der Waals surface area contributed by atoms with Crippen molar-refractivity contribution in [2.24, 2.45) is 0 Å². The van der Waals surface area contributed by atoms with E-state index in [0.717, 1.165) is 16.0 Å². The van der Waals surface area contributed by atoms with Gasteiger partial charge in [0.1, 0.15) is 11.9 Å². The van der Waals surface area contributed by atoms with Crippen LogP contribution in [-0.2, 0) is 11.3 Å². The Kier molecular flexibility index (Phi) is 4.80. The molecule has 7 heteroatoms. The number of hydrogen-bond donors (Lipinski definition) is 0. The summed E-state index contributed by atoms with van der Waals surface area (Å²) in [4.78, 5) is 16.4. The maximum Gasteiger partial charge on any atom is 0.341 e. The number of hydrogen-bond acceptors (Lipinski definition) is 4. The Bertz CT molecular complexity index is 838. The fourth-order valence-electron chi connectivity index (χ4n) is 2.32. The molecule has 0 aliphatic heterocycles. The summed E-state index contributed by atoms with van der Waals surface area (Å²) >= 11 is 3.39. The fraction of sp³-hybridized carbons (Fsp3) is 0.235. The van der Waals surface area contributed by atoms with Gasteiger partial charge in [-0.2, -0.15) is 5.10 Å². The van der Waals surface area contributed by atoms with Crippen LogP contribution < -0.4 is 0 Å². The van der Waals surface area contributed by atoms with Crippen LogP contribution in [0.1, 0.15) is 23.1 Å². The number of carbonyl (C=O) groups is 1. The minimum atomic E-state index is -0.386. The number of rotatable bonds is 5. The molecule has 0 spiro atoms. The molecule has 0 aliphatic carbocycles. The van der Waals surface area contributed by atoms with Crippen molar-refractivity contribution < 1.29 is 9.53 Å². The van der Waals surface area contributed by atoms with Crippen LogP contribution in [0.4, 0.5) is 0 Å². The van der Waals surface area contributed by atoms with Gasteiger partial charge in [0.2, 0.25) is 0 Å². The summed E-state index contributed by atoms with van der Waals surface area (Å²) in [6.07, 6.45) is 6.51. The van der Waals surface area contributed by atoms with Crippen molar-refractivity contribution in [1.29, 1.82) is 0 Å². The molecule has 3 aromatic rings. The lowest BCUT2D eigenvalue weighted by Gasteiger charge is -2.14. The van der Waals surface area contributed by atoms with Gasteiger partial charge in [0.05, 0.1) is 24.0 Å². The number of halogens is 1. The maximum absolute atomic E-state index is 12.3. The topological polar surface area (TPSA) is 61.9 Å². The number of aryl methyl sites for hydroxylation is 1. The van der Waals surface area contributed by atoms with E-state index >= 15 is 0 Å². The molecule has 2 aromatic heterocycles. The molecule has 1 aromatic carbocycles. The zero-order valence-electron chi connectivity index (χ0n) is 13.4. The lowest BCUT2D eigenvalue weighted by molar-refractivity contribution is 0.0305. The average Bonchev–Trinajstić information content (AvgIpc) is 3.18. The molecule has 124 valence electrons. The van der Waals surface area contributed by atoms with E-state index in [4.69, 9.17) is 4.74 Å². The van der Waals surface area contributed by atoms with Gasteiger partial charge in [0.15, 0.2) is 0 Å². The van der Waals surface area contributed by atoms with E-state index in [0.29, 0.717) is 12.1 Å². The minimum Gasteiger partial charge on any atom is -0.457 e. The number of imidazole rings is 1. The standard InChI is InChI=1S/C17H17BrN4O2/c1-12(10-21-8-7-19-13(21)2)24-17(23)14-9-20-22(11-14)16-5-3-15(18)4-6-16/h3-9,11-12H,10H2,1-2H3. The zero-order valence-corrected chi connectivity index (χ0v) is 15.0. The molecule has 1 unspecified atom stereocenters. The van der Waals surface area contributed by atoms with Gasteiger partial charge >= 0.3 is 5.97 Å². The molecular formula is C17H17BrN4O2. The number of benzene rings is 1. The maximum atomic E-state index is 12.3. The van der Waals surface area contributed by atoms with Crippen LogP contribution in [0.15, 0.2) is 53.5 Å². The fourth-order valence-corrected chi connectivity index (χ4v) is 2.59. The third-order valence-corrected chi connectivity index (χ3v) is 4.12. The largest absolute Gasteiger partial charge is 0.457 e. The van der Waals surface area contributed by atoms with E-state index in [9.17, 15) is 4.79 Å². The molecule has 0 radical (unpaired) electrons. The Balaban J connectivity index is 1.65. The molecule has 0 saturated carbocycles. The summed E-state index contributed by atoms with van der Waals surface area (Å²) in [5.74, 6) is 0.504. The van der Waals surface area contributed by atoms with Crippen LogP contribution in [0, 0.1) is 6.92 Å². The molecule has 0 aliphatic rings. The van der Waals surface area contributed by atoms with Gasteiger partial charge in [-0.25, -0.2) is 14.5 Å². The van der Waals surface area contributed by atoms with Crippen LogP contribution in [0.3, 0.4) is 0 Å². The highest BCUT2D eigenvalue weighted by molar-refractivity contribution is 9.10. The summed E-state index contributed by atoms with van der Waals surface area (Å²) < 4.78 is 10.1. The molecule has 3 rings (SSSR count). The normalized spacial score (nSPS) is 12.1. The van der Waals surface area contributed by atoms with Crippen molar-refractivity contribution in [3.8, 4) is 5.69 Å². The van der Waals surface area contributed by atoms with Crippen molar-refractivity contribution in [2.45, 2.75) is 26.5 Å². The molecule has 0 N–H and O–H groups in total. The van der Waals surface area contributed by atoms with Gasteiger partial charge in [-0.15, -0.1) is 0 Å². The Morgan fingerprint density at radius 1 is 1.33 bits per heavy atom. The van der Waals surface area contributed by atoms with Gasteiger partial charge in [0.25, 0.3) is 0 Å². The van der Waals surface area contributed by atoms with Crippen LogP contribution in [0.5, 0.6) is 0 Å². The van der Waals surface area contributed by atoms with E-state index in [1.165, 1.54) is 6.20 Å². The Morgan fingerprint density at radius 2 is 2.08 bits per heavy atom. The van der Waals surface area contributed by atoms with E-state index < -0.39 is 0 Å². The van der Waals surface area contributed by atoms with Gasteiger partial charge in [-0.1, -0.05) is 15.9 Å². The highest BCUT2D eigenvalue weighted by atomic mass is 79.9. The van der Waals surface area contributed by atoms with Crippen LogP contribution in [-0.4, -0.2) is 31.4 Å². The summed E-state index contributed by atoms with van der Waals surface area (Å²) in [6.45, 7) is 4.34. The highest BCUT2D eigenvalue weighted by Crippen LogP contribution is 2.14. The first-order chi connectivity index (χ1) is 11.5. The predicted molar refractivity (Wildman–Crippen MR) is 93.1 cm³/mol. The Labute approximate surface area is 148 Å². The first kappa shape index (κ1) is 16.4. The number of carbonyl (C=O) groups excluding carboxylic acids is 1. The average molecular weight is 389 g/mol. The molecule has 0 amide bonds. The van der Waals surface area contributed by atoms with E-state index in [-0.39, 0.29) is 12.1 Å². The van der Waals surface area contributed by atoms with Gasteiger partial charge in [0, 0.05) is 23.1 Å². The second-order valence-electron chi connectivity index (χ2n) is 5.49. The third-order valence-electron chi connectivity index (χ3n) is 3.60. The first-order valence-corrected chi connectivity index (χ1v) is 8.31. The smallest absolute Gasteiger partial charge is 0.341 e. The van der Waals surface area contributed by atoms with Crippen molar-refractivity contribution in [2.75, 3.05) is 0 Å². The molecule has 0 bridgehead atoms. The quantitative estimate of drug-likeness (QED) is 0.628. The highest BCUT2D eigenvalue weighted by Gasteiger charge is 2.15. The summed E-state index contributed by atoms with van der Waals surface area (Å²) in [5.41, 5.74) is 1.30. The molecule has 1 atom stereocenters. The number of nitrogens with zero attached hydrogens (tertiary/aromatic N) is 4.